The number of ketones is 1. The van der Waals surface area contributed by atoms with E-state index in [0.29, 0.717) is 22.8 Å². The lowest BCUT2D eigenvalue weighted by Crippen LogP contribution is -2.33. The largest absolute Gasteiger partial charge is 0.492 e. The first-order chi connectivity index (χ1) is 18.9. The van der Waals surface area contributed by atoms with Gasteiger partial charge in [-0.25, -0.2) is 0 Å². The Balaban J connectivity index is 1.43. The molecular formula is C32H30ClNO4S. The van der Waals surface area contributed by atoms with Crippen molar-refractivity contribution < 1.29 is 19.1 Å². The molecule has 0 unspecified atom stereocenters. The van der Waals surface area contributed by atoms with Gasteiger partial charge in [-0.2, -0.15) is 0 Å². The first-order valence-electron chi connectivity index (χ1n) is 13.1. The molecule has 0 amide bonds. The maximum Gasteiger partial charge on any atom is 0.308 e. The van der Waals surface area contributed by atoms with Gasteiger partial charge in [0.1, 0.15) is 18.1 Å². The van der Waals surface area contributed by atoms with Crippen molar-refractivity contribution in [1.82, 2.24) is 4.90 Å². The van der Waals surface area contributed by atoms with Gasteiger partial charge in [-0.3, -0.25) is 14.5 Å². The van der Waals surface area contributed by atoms with Crippen LogP contribution in [-0.2, 0) is 4.79 Å². The number of piperidine rings is 1. The Kier molecular flexibility index (Phi) is 8.46. The monoisotopic (exact) mass is 559 g/mol. The van der Waals surface area contributed by atoms with Crippen LogP contribution in [0.15, 0.2) is 67.2 Å². The Labute approximate surface area is 237 Å². The molecular weight excluding hydrogens is 530 g/mol. The lowest BCUT2D eigenvalue weighted by Gasteiger charge is -2.26. The molecule has 1 saturated heterocycles. The first-order valence-corrected chi connectivity index (χ1v) is 14.3. The summed E-state index contributed by atoms with van der Waals surface area (Å²) in [5.41, 5.74) is 2.94. The Morgan fingerprint density at radius 3 is 2.49 bits per heavy atom. The van der Waals surface area contributed by atoms with Crippen LogP contribution in [0.2, 0.25) is 5.02 Å². The molecule has 1 fully saturated rings. The van der Waals surface area contributed by atoms with Crippen LogP contribution >= 0.6 is 22.9 Å². The van der Waals surface area contributed by atoms with Crippen molar-refractivity contribution in [2.75, 3.05) is 26.2 Å². The normalized spacial score (nSPS) is 13.8. The molecule has 1 aliphatic rings. The maximum atomic E-state index is 13.9. The van der Waals surface area contributed by atoms with Crippen molar-refractivity contribution in [3.63, 3.8) is 0 Å². The van der Waals surface area contributed by atoms with Gasteiger partial charge in [-0.05, 0) is 85.6 Å². The van der Waals surface area contributed by atoms with E-state index < -0.39 is 5.97 Å². The third-order valence-electron chi connectivity index (χ3n) is 6.87. The zero-order chi connectivity index (χ0) is 27.4. The van der Waals surface area contributed by atoms with E-state index in [9.17, 15) is 9.59 Å². The minimum atomic E-state index is -0.446. The van der Waals surface area contributed by atoms with E-state index in [0.717, 1.165) is 51.5 Å². The number of hydrogen-bond donors (Lipinski definition) is 0. The molecule has 4 aromatic rings. The van der Waals surface area contributed by atoms with Gasteiger partial charge in [-0.15, -0.1) is 11.3 Å². The molecule has 3 aromatic carbocycles. The standard InChI is InChI=1S/C32H30ClNO4S/c1-3-22-7-13-26-29(19-22)39-32(24-10-14-28(27(33)20-24)38-21(2)35)30(26)31(36)23-8-11-25(12-9-23)37-18-17-34-15-5-4-6-16-34/h3,7-14,19-20H,1,4-6,15-18H2,2H3. The summed E-state index contributed by atoms with van der Waals surface area (Å²) in [6.45, 7) is 9.02. The number of likely N-dealkylation sites (tertiary alicyclic amines) is 1. The molecule has 0 bridgehead atoms. The predicted molar refractivity (Wildman–Crippen MR) is 159 cm³/mol. The fourth-order valence-corrected chi connectivity index (χ4v) is 6.33. The van der Waals surface area contributed by atoms with Crippen molar-refractivity contribution in [2.45, 2.75) is 26.2 Å². The highest BCUT2D eigenvalue weighted by atomic mass is 35.5. The first kappa shape index (κ1) is 27.1. The van der Waals surface area contributed by atoms with E-state index in [1.54, 1.807) is 18.2 Å². The van der Waals surface area contributed by atoms with Gasteiger partial charge in [0.2, 0.25) is 0 Å². The smallest absolute Gasteiger partial charge is 0.308 e. The Bertz CT molecular complexity index is 1520. The van der Waals surface area contributed by atoms with E-state index in [2.05, 4.69) is 11.5 Å². The second-order valence-electron chi connectivity index (χ2n) is 9.61. The molecule has 5 nitrogen and oxygen atoms in total. The number of carbonyl (C=O) groups excluding carboxylic acids is 2. The Hall–Kier alpha value is -3.45. The second-order valence-corrected chi connectivity index (χ2v) is 11.1. The maximum absolute atomic E-state index is 13.9. The Morgan fingerprint density at radius 1 is 1.03 bits per heavy atom. The molecule has 1 aliphatic heterocycles. The fraction of sp³-hybridized carbons (Fsp3) is 0.250. The predicted octanol–water partition coefficient (Wildman–Crippen LogP) is 7.89. The van der Waals surface area contributed by atoms with Crippen LogP contribution in [0, 0.1) is 0 Å². The molecule has 0 spiro atoms. The van der Waals surface area contributed by atoms with Gasteiger partial charge in [0, 0.05) is 39.6 Å². The van der Waals surface area contributed by atoms with E-state index in [1.807, 2.05) is 48.5 Å². The van der Waals surface area contributed by atoms with Gasteiger partial charge in [0.05, 0.1) is 5.02 Å². The number of halogens is 1. The number of fused-ring (bicyclic) bond motifs is 1. The van der Waals surface area contributed by atoms with E-state index in [-0.39, 0.29) is 11.5 Å². The number of carbonyl (C=O) groups is 2. The molecule has 5 rings (SSSR count). The molecule has 0 saturated carbocycles. The average molecular weight is 560 g/mol. The number of benzene rings is 3. The van der Waals surface area contributed by atoms with E-state index in [1.165, 1.54) is 37.5 Å². The SMILES string of the molecule is C=Cc1ccc2c(C(=O)c3ccc(OCCN4CCCCC4)cc3)c(-c3ccc(OC(C)=O)c(Cl)c3)sc2c1. The van der Waals surface area contributed by atoms with E-state index in [4.69, 9.17) is 21.1 Å². The number of rotatable bonds is 9. The van der Waals surface area contributed by atoms with Crippen molar-refractivity contribution in [3.05, 3.63) is 89.0 Å². The van der Waals surface area contributed by atoms with Crippen LogP contribution in [0.4, 0.5) is 0 Å². The van der Waals surface area contributed by atoms with Crippen molar-refractivity contribution >= 4 is 50.9 Å². The second kappa shape index (κ2) is 12.2. The quantitative estimate of drug-likeness (QED) is 0.119. The zero-order valence-corrected chi connectivity index (χ0v) is 23.4. The summed E-state index contributed by atoms with van der Waals surface area (Å²) in [6, 6.07) is 18.5. The summed E-state index contributed by atoms with van der Waals surface area (Å²) in [7, 11) is 0. The number of thiophene rings is 1. The summed E-state index contributed by atoms with van der Waals surface area (Å²) in [4.78, 5) is 28.6. The van der Waals surface area contributed by atoms with Gasteiger partial charge in [0.25, 0.3) is 0 Å². The zero-order valence-electron chi connectivity index (χ0n) is 21.9. The third kappa shape index (κ3) is 6.25. The van der Waals surface area contributed by atoms with Crippen LogP contribution in [0.25, 0.3) is 26.6 Å². The summed E-state index contributed by atoms with van der Waals surface area (Å²) < 4.78 is 12.1. The summed E-state index contributed by atoms with van der Waals surface area (Å²) in [5, 5.41) is 1.17. The van der Waals surface area contributed by atoms with Gasteiger partial charge >= 0.3 is 5.97 Å². The molecule has 39 heavy (non-hydrogen) atoms. The summed E-state index contributed by atoms with van der Waals surface area (Å²) >= 11 is 7.96. The highest BCUT2D eigenvalue weighted by Gasteiger charge is 2.23. The van der Waals surface area contributed by atoms with Gasteiger partial charge < -0.3 is 9.47 Å². The van der Waals surface area contributed by atoms with Crippen molar-refractivity contribution in [3.8, 4) is 21.9 Å². The van der Waals surface area contributed by atoms with Crippen LogP contribution in [-0.4, -0.2) is 42.9 Å². The van der Waals surface area contributed by atoms with E-state index >= 15 is 0 Å². The third-order valence-corrected chi connectivity index (χ3v) is 8.36. The number of hydrogen-bond acceptors (Lipinski definition) is 6. The molecule has 0 aliphatic carbocycles. The van der Waals surface area contributed by atoms with Crippen molar-refractivity contribution in [1.29, 1.82) is 0 Å². The minimum absolute atomic E-state index is 0.0809. The van der Waals surface area contributed by atoms with Gasteiger partial charge in [0.15, 0.2) is 5.78 Å². The number of nitrogens with zero attached hydrogens (tertiary/aromatic N) is 1. The highest BCUT2D eigenvalue weighted by molar-refractivity contribution is 7.22. The van der Waals surface area contributed by atoms with Crippen LogP contribution in [0.1, 0.15) is 47.7 Å². The lowest BCUT2D eigenvalue weighted by atomic mass is 9.97. The molecule has 2 heterocycles. The molecule has 7 heteroatoms. The number of esters is 1. The lowest BCUT2D eigenvalue weighted by molar-refractivity contribution is -0.131. The molecule has 0 N–H and O–H groups in total. The van der Waals surface area contributed by atoms with Crippen LogP contribution in [0.3, 0.4) is 0 Å². The highest BCUT2D eigenvalue weighted by Crippen LogP contribution is 2.42. The topological polar surface area (TPSA) is 55.8 Å². The summed E-state index contributed by atoms with van der Waals surface area (Å²) in [5.74, 6) is 0.509. The molecule has 0 radical (unpaired) electrons. The summed E-state index contributed by atoms with van der Waals surface area (Å²) in [6.07, 6.45) is 5.62. The van der Waals surface area contributed by atoms with Crippen LogP contribution < -0.4 is 9.47 Å². The molecule has 200 valence electrons. The fourth-order valence-electron chi connectivity index (χ4n) is 4.87. The molecule has 0 atom stereocenters. The van der Waals surface area contributed by atoms with Gasteiger partial charge in [-0.1, -0.05) is 42.8 Å². The number of ether oxygens (including phenoxy) is 2. The minimum Gasteiger partial charge on any atom is -0.492 e. The Morgan fingerprint density at radius 2 is 1.79 bits per heavy atom. The van der Waals surface area contributed by atoms with Crippen LogP contribution in [0.5, 0.6) is 11.5 Å². The van der Waals surface area contributed by atoms with Crippen molar-refractivity contribution in [2.24, 2.45) is 0 Å². The molecule has 1 aromatic heterocycles. The average Bonchev–Trinajstić information content (AvgIpc) is 3.33.